The molecule has 0 atom stereocenters. The van der Waals surface area contributed by atoms with Crippen molar-refractivity contribution in [3.63, 3.8) is 0 Å². The van der Waals surface area contributed by atoms with Crippen LogP contribution >= 0.6 is 11.3 Å². The van der Waals surface area contributed by atoms with Crippen LogP contribution in [-0.4, -0.2) is 57.6 Å². The molecule has 1 aliphatic rings. The Morgan fingerprint density at radius 1 is 1.21 bits per heavy atom. The summed E-state index contributed by atoms with van der Waals surface area (Å²) < 4.78 is 0. The number of nitrogens with zero attached hydrogens (tertiary/aromatic N) is 4. The van der Waals surface area contributed by atoms with Crippen molar-refractivity contribution in [1.82, 2.24) is 25.2 Å². The van der Waals surface area contributed by atoms with Crippen LogP contribution < -0.4 is 16.2 Å². The maximum absolute atomic E-state index is 12.7. The largest absolute Gasteiger partial charge is 0.383 e. The van der Waals surface area contributed by atoms with E-state index in [1.807, 2.05) is 29.2 Å². The second-order valence-corrected chi connectivity index (χ2v) is 10.0. The number of rotatable bonds is 9. The van der Waals surface area contributed by atoms with Gasteiger partial charge in [-0.05, 0) is 61.7 Å². The van der Waals surface area contributed by atoms with Gasteiger partial charge >= 0.3 is 0 Å². The summed E-state index contributed by atoms with van der Waals surface area (Å²) in [6.07, 6.45) is 7.10. The van der Waals surface area contributed by atoms with Crippen molar-refractivity contribution in [1.29, 1.82) is 0 Å². The molecule has 1 aliphatic heterocycles. The van der Waals surface area contributed by atoms with Crippen LogP contribution in [0.4, 0.5) is 11.4 Å². The van der Waals surface area contributed by atoms with E-state index in [4.69, 9.17) is 0 Å². The highest BCUT2D eigenvalue weighted by Crippen LogP contribution is 2.29. The molecule has 0 unspecified atom stereocenters. The first-order valence-electron chi connectivity index (χ1n) is 12.4. The van der Waals surface area contributed by atoms with Crippen molar-refractivity contribution in [2.24, 2.45) is 4.99 Å². The zero-order valence-electron chi connectivity index (χ0n) is 20.9. The van der Waals surface area contributed by atoms with E-state index in [2.05, 4.69) is 30.6 Å². The van der Waals surface area contributed by atoms with E-state index in [0.29, 0.717) is 52.5 Å². The molecule has 38 heavy (non-hydrogen) atoms. The molecule has 1 aromatic carbocycles. The molecule has 0 bridgehead atoms. The van der Waals surface area contributed by atoms with E-state index >= 15 is 0 Å². The fourth-order valence-electron chi connectivity index (χ4n) is 4.26. The molecule has 4 aromatic rings. The second kappa shape index (κ2) is 11.3. The quantitative estimate of drug-likeness (QED) is 0.171. The number of aromatic amines is 1. The number of thiophene rings is 1. The number of nitrogens with one attached hydrogen (secondary N) is 3. The molecule has 10 nitrogen and oxygen atoms in total. The van der Waals surface area contributed by atoms with Crippen LogP contribution in [0.15, 0.2) is 58.6 Å². The fraction of sp³-hybridized carbons (Fsp3) is 0.259. The van der Waals surface area contributed by atoms with Gasteiger partial charge in [-0.3, -0.25) is 19.4 Å². The number of amides is 2. The van der Waals surface area contributed by atoms with Crippen molar-refractivity contribution >= 4 is 51.9 Å². The monoisotopic (exact) mass is 529 g/mol. The summed E-state index contributed by atoms with van der Waals surface area (Å²) in [7, 11) is 0. The van der Waals surface area contributed by atoms with E-state index in [-0.39, 0.29) is 17.4 Å². The molecule has 194 valence electrons. The Balaban J connectivity index is 1.30. The van der Waals surface area contributed by atoms with Crippen LogP contribution in [0.25, 0.3) is 21.5 Å². The maximum Gasteiger partial charge on any atom is 0.269 e. The van der Waals surface area contributed by atoms with Crippen molar-refractivity contribution in [3.8, 4) is 10.4 Å². The third kappa shape index (κ3) is 5.78. The summed E-state index contributed by atoms with van der Waals surface area (Å²) in [5, 5.41) is 6.10. The Labute approximate surface area is 222 Å². The maximum atomic E-state index is 12.7. The topological polar surface area (TPSA) is 132 Å². The van der Waals surface area contributed by atoms with E-state index < -0.39 is 0 Å². The van der Waals surface area contributed by atoms with Gasteiger partial charge in [-0.1, -0.05) is 0 Å². The van der Waals surface area contributed by atoms with Gasteiger partial charge < -0.3 is 20.5 Å². The van der Waals surface area contributed by atoms with Crippen LogP contribution in [0.1, 0.15) is 34.6 Å². The number of benzene rings is 1. The minimum Gasteiger partial charge on any atom is -0.383 e. The van der Waals surface area contributed by atoms with Gasteiger partial charge in [-0.2, -0.15) is 0 Å². The zero-order valence-corrected chi connectivity index (χ0v) is 21.7. The molecule has 0 spiro atoms. The van der Waals surface area contributed by atoms with Gasteiger partial charge in [0.1, 0.15) is 5.69 Å². The van der Waals surface area contributed by atoms with E-state index in [1.165, 1.54) is 17.7 Å². The van der Waals surface area contributed by atoms with Crippen LogP contribution in [-0.2, 0) is 4.79 Å². The van der Waals surface area contributed by atoms with E-state index in [1.54, 1.807) is 31.5 Å². The number of likely N-dealkylation sites (tertiary alicyclic amines) is 1. The number of pyridine rings is 1. The number of carbonyl (C=O) groups is 2. The summed E-state index contributed by atoms with van der Waals surface area (Å²) in [4.78, 5) is 55.8. The first-order valence-corrected chi connectivity index (χ1v) is 13.2. The smallest absolute Gasteiger partial charge is 0.269 e. The molecule has 3 aromatic heterocycles. The number of anilines is 1. The number of hydrogen-bond acceptors (Lipinski definition) is 8. The molecule has 0 aliphatic carbocycles. The van der Waals surface area contributed by atoms with Gasteiger partial charge in [0.05, 0.1) is 33.6 Å². The summed E-state index contributed by atoms with van der Waals surface area (Å²) >= 11 is 1.38. The highest BCUT2D eigenvalue weighted by Gasteiger charge is 2.19. The lowest BCUT2D eigenvalue weighted by Crippen LogP contribution is -2.27. The minimum absolute atomic E-state index is 0.207. The Morgan fingerprint density at radius 2 is 2.05 bits per heavy atom. The minimum atomic E-state index is -0.268. The molecule has 5 rings (SSSR count). The Hall–Kier alpha value is -4.38. The molecule has 3 N–H and O–H groups in total. The lowest BCUT2D eigenvalue weighted by atomic mass is 10.2. The first-order chi connectivity index (χ1) is 18.5. The number of aliphatic imine (C=N–C) groups is 1. The molecule has 4 heterocycles. The number of carbonyl (C=O) groups excluding carboxylic acids is 2. The van der Waals surface area contributed by atoms with Gasteiger partial charge in [0.25, 0.3) is 11.5 Å². The molecule has 0 radical (unpaired) electrons. The van der Waals surface area contributed by atoms with Gasteiger partial charge in [0.2, 0.25) is 5.91 Å². The SMILES string of the molecule is Cc1nc2cc(NCCCN3CCCC3=O)c(N=CNC(=O)c3ccc(-c4ccncc4)s3)cc2[nH]c1=O. The van der Waals surface area contributed by atoms with Crippen LogP contribution in [0.3, 0.4) is 0 Å². The molecular formula is C27H27N7O3S. The highest BCUT2D eigenvalue weighted by atomic mass is 32.1. The summed E-state index contributed by atoms with van der Waals surface area (Å²) in [5.41, 5.74) is 3.54. The molecule has 11 heteroatoms. The average Bonchev–Trinajstić information content (AvgIpc) is 3.58. The van der Waals surface area contributed by atoms with Gasteiger partial charge in [-0.15, -0.1) is 11.3 Å². The van der Waals surface area contributed by atoms with Crippen LogP contribution in [0.2, 0.25) is 0 Å². The summed E-state index contributed by atoms with van der Waals surface area (Å²) in [6, 6.07) is 11.0. The second-order valence-electron chi connectivity index (χ2n) is 8.93. The average molecular weight is 530 g/mol. The standard InChI is InChI=1S/C27H27N7O3S/c1-17-26(36)33-22-15-20(19(14-21(22)32-17)29-9-3-13-34-12-2-4-25(34)35)30-16-31-27(37)24-6-5-23(38-24)18-7-10-28-11-8-18/h5-8,10-11,14-16,29H,2-4,9,12-13H2,1H3,(H,33,36)(H,30,31,37). The normalized spacial score (nSPS) is 13.5. The van der Waals surface area contributed by atoms with Gasteiger partial charge in [0, 0.05) is 43.3 Å². The lowest BCUT2D eigenvalue weighted by Gasteiger charge is -2.16. The Morgan fingerprint density at radius 3 is 2.84 bits per heavy atom. The Bertz CT molecular complexity index is 1560. The number of hydrogen-bond donors (Lipinski definition) is 3. The first kappa shape index (κ1) is 25.3. The fourth-order valence-corrected chi connectivity index (χ4v) is 5.17. The van der Waals surface area contributed by atoms with Crippen LogP contribution in [0, 0.1) is 6.92 Å². The third-order valence-electron chi connectivity index (χ3n) is 6.26. The molecule has 1 fully saturated rings. The molecular weight excluding hydrogens is 502 g/mol. The molecule has 1 saturated heterocycles. The number of aromatic nitrogens is 3. The van der Waals surface area contributed by atoms with E-state index in [9.17, 15) is 14.4 Å². The van der Waals surface area contributed by atoms with Crippen molar-refractivity contribution in [2.45, 2.75) is 26.2 Å². The highest BCUT2D eigenvalue weighted by molar-refractivity contribution is 7.17. The summed E-state index contributed by atoms with van der Waals surface area (Å²) in [6.45, 7) is 3.79. The number of aryl methyl sites for hydroxylation is 1. The molecule has 0 saturated carbocycles. The lowest BCUT2D eigenvalue weighted by molar-refractivity contribution is -0.127. The van der Waals surface area contributed by atoms with Crippen molar-refractivity contribution in [2.75, 3.05) is 25.0 Å². The Kier molecular flexibility index (Phi) is 7.55. The molecule has 2 amide bonds. The zero-order chi connectivity index (χ0) is 26.5. The van der Waals surface area contributed by atoms with Crippen LogP contribution in [0.5, 0.6) is 0 Å². The number of H-pyrrole nitrogens is 1. The number of fused-ring (bicyclic) bond motifs is 1. The predicted molar refractivity (Wildman–Crippen MR) is 149 cm³/mol. The predicted octanol–water partition coefficient (Wildman–Crippen LogP) is 3.87. The van der Waals surface area contributed by atoms with E-state index in [0.717, 1.165) is 29.8 Å². The van der Waals surface area contributed by atoms with Crippen molar-refractivity contribution < 1.29 is 9.59 Å². The summed E-state index contributed by atoms with van der Waals surface area (Å²) in [5.74, 6) is -0.0608. The third-order valence-corrected chi connectivity index (χ3v) is 7.40. The van der Waals surface area contributed by atoms with Crippen molar-refractivity contribution in [3.05, 3.63) is 69.7 Å². The van der Waals surface area contributed by atoms with Gasteiger partial charge in [0.15, 0.2) is 0 Å². The van der Waals surface area contributed by atoms with Gasteiger partial charge in [-0.25, -0.2) is 9.98 Å².